The number of aromatic amines is 1. The van der Waals surface area contributed by atoms with E-state index in [0.717, 1.165) is 16.0 Å². The summed E-state index contributed by atoms with van der Waals surface area (Å²) < 4.78 is 11.1. The monoisotopic (exact) mass is 400 g/mol. The van der Waals surface area contributed by atoms with Crippen molar-refractivity contribution in [3.8, 4) is 5.75 Å². The molecule has 3 rings (SSSR count). The lowest BCUT2D eigenvalue weighted by Crippen LogP contribution is -2.20. The highest BCUT2D eigenvalue weighted by atomic mass is 32.1. The number of H-pyrrole nitrogens is 1. The second-order valence-corrected chi connectivity index (χ2v) is 8.23. The van der Waals surface area contributed by atoms with E-state index >= 15 is 0 Å². The Labute approximate surface area is 167 Å². The molecule has 0 spiro atoms. The summed E-state index contributed by atoms with van der Waals surface area (Å²) in [5, 5.41) is 0.596. The van der Waals surface area contributed by atoms with E-state index in [2.05, 4.69) is 23.8 Å². The van der Waals surface area contributed by atoms with Crippen molar-refractivity contribution >= 4 is 27.5 Å². The number of esters is 1. The molecule has 0 unspecified atom stereocenters. The van der Waals surface area contributed by atoms with E-state index in [-0.39, 0.29) is 18.1 Å². The van der Waals surface area contributed by atoms with Crippen LogP contribution in [0.4, 0.5) is 0 Å². The number of hydrogen-bond donors (Lipinski definition) is 1. The Morgan fingerprint density at radius 1 is 1.21 bits per heavy atom. The van der Waals surface area contributed by atoms with Crippen LogP contribution in [0.1, 0.15) is 54.6 Å². The fourth-order valence-corrected chi connectivity index (χ4v) is 4.01. The van der Waals surface area contributed by atoms with E-state index in [9.17, 15) is 9.59 Å². The van der Waals surface area contributed by atoms with Crippen molar-refractivity contribution in [1.82, 2.24) is 9.97 Å². The van der Waals surface area contributed by atoms with Gasteiger partial charge < -0.3 is 14.5 Å². The highest BCUT2D eigenvalue weighted by Gasteiger charge is 2.19. The number of thiophene rings is 1. The predicted octanol–water partition coefficient (Wildman–Crippen LogP) is 4.41. The SMILES string of the molecule is Cc1sc2nc([C@H](C)OC(=O)COc3ccccc3C(C)C)[nH]c(=O)c2c1C. The summed E-state index contributed by atoms with van der Waals surface area (Å²) in [6.45, 7) is 9.45. The van der Waals surface area contributed by atoms with Gasteiger partial charge in [-0.1, -0.05) is 32.0 Å². The predicted molar refractivity (Wildman–Crippen MR) is 110 cm³/mol. The van der Waals surface area contributed by atoms with Gasteiger partial charge in [0.2, 0.25) is 0 Å². The number of benzene rings is 1. The van der Waals surface area contributed by atoms with Gasteiger partial charge in [-0.2, -0.15) is 0 Å². The maximum absolute atomic E-state index is 12.4. The van der Waals surface area contributed by atoms with E-state index in [1.54, 1.807) is 6.92 Å². The van der Waals surface area contributed by atoms with Crippen molar-refractivity contribution in [2.24, 2.45) is 0 Å². The number of fused-ring (bicyclic) bond motifs is 1. The van der Waals surface area contributed by atoms with Crippen LogP contribution >= 0.6 is 11.3 Å². The third-order valence-electron chi connectivity index (χ3n) is 4.64. The Morgan fingerprint density at radius 2 is 1.93 bits per heavy atom. The molecule has 0 aliphatic rings. The number of carbonyl (C=O) groups is 1. The van der Waals surface area contributed by atoms with Crippen LogP contribution in [-0.4, -0.2) is 22.5 Å². The summed E-state index contributed by atoms with van der Waals surface area (Å²) in [4.78, 5) is 33.5. The van der Waals surface area contributed by atoms with E-state index < -0.39 is 12.1 Å². The van der Waals surface area contributed by atoms with Crippen LogP contribution in [0.5, 0.6) is 5.75 Å². The molecule has 0 radical (unpaired) electrons. The van der Waals surface area contributed by atoms with Crippen molar-refractivity contribution in [3.05, 3.63) is 56.4 Å². The molecule has 0 bridgehead atoms. The average Bonchev–Trinajstić information content (AvgIpc) is 2.94. The Morgan fingerprint density at radius 3 is 2.64 bits per heavy atom. The second-order valence-electron chi connectivity index (χ2n) is 7.03. The number of carbonyl (C=O) groups excluding carboxylic acids is 1. The number of nitrogens with one attached hydrogen (secondary N) is 1. The van der Waals surface area contributed by atoms with E-state index in [0.29, 0.717) is 21.8 Å². The summed E-state index contributed by atoms with van der Waals surface area (Å²) in [6.07, 6.45) is -0.684. The molecule has 7 heteroatoms. The van der Waals surface area contributed by atoms with Gasteiger partial charge in [-0.3, -0.25) is 4.79 Å². The summed E-state index contributed by atoms with van der Waals surface area (Å²) in [5.74, 6) is 0.756. The first-order valence-corrected chi connectivity index (χ1v) is 10.0. The lowest BCUT2D eigenvalue weighted by atomic mass is 10.0. The lowest BCUT2D eigenvalue weighted by molar-refractivity contribution is -0.151. The van der Waals surface area contributed by atoms with Gasteiger partial charge in [-0.25, -0.2) is 9.78 Å². The number of nitrogens with zero attached hydrogens (tertiary/aromatic N) is 1. The van der Waals surface area contributed by atoms with Gasteiger partial charge in [0, 0.05) is 4.88 Å². The molecule has 3 aromatic rings. The van der Waals surface area contributed by atoms with Crippen molar-refractivity contribution in [2.45, 2.75) is 46.6 Å². The summed E-state index contributed by atoms with van der Waals surface area (Å²) in [7, 11) is 0. The molecule has 28 heavy (non-hydrogen) atoms. The van der Waals surface area contributed by atoms with Crippen LogP contribution in [0, 0.1) is 13.8 Å². The summed E-state index contributed by atoms with van der Waals surface area (Å²) in [6, 6.07) is 7.61. The topological polar surface area (TPSA) is 81.3 Å². The smallest absolute Gasteiger partial charge is 0.344 e. The zero-order chi connectivity index (χ0) is 20.4. The van der Waals surface area contributed by atoms with Gasteiger partial charge in [-0.05, 0) is 43.9 Å². The molecule has 0 saturated carbocycles. The molecule has 0 amide bonds. The second kappa shape index (κ2) is 8.14. The van der Waals surface area contributed by atoms with Crippen LogP contribution < -0.4 is 10.3 Å². The van der Waals surface area contributed by atoms with Gasteiger partial charge in [-0.15, -0.1) is 11.3 Å². The zero-order valence-electron chi connectivity index (χ0n) is 16.7. The molecule has 1 aromatic carbocycles. The highest BCUT2D eigenvalue weighted by molar-refractivity contribution is 7.18. The van der Waals surface area contributed by atoms with Gasteiger partial charge >= 0.3 is 5.97 Å². The van der Waals surface area contributed by atoms with E-state index in [1.807, 2.05) is 38.1 Å². The van der Waals surface area contributed by atoms with Gasteiger partial charge in [0.1, 0.15) is 10.6 Å². The molecule has 0 fully saturated rings. The number of aromatic nitrogens is 2. The van der Waals surface area contributed by atoms with Gasteiger partial charge in [0.15, 0.2) is 18.5 Å². The summed E-state index contributed by atoms with van der Waals surface area (Å²) >= 11 is 1.46. The first-order valence-electron chi connectivity index (χ1n) is 9.19. The van der Waals surface area contributed by atoms with Gasteiger partial charge in [0.25, 0.3) is 5.56 Å². The zero-order valence-corrected chi connectivity index (χ0v) is 17.5. The molecule has 2 aromatic heterocycles. The molecular weight excluding hydrogens is 376 g/mol. The summed E-state index contributed by atoms with van der Waals surface area (Å²) in [5.41, 5.74) is 1.75. The molecule has 148 valence electrons. The quantitative estimate of drug-likeness (QED) is 0.620. The Kier molecular flexibility index (Phi) is 5.84. The van der Waals surface area contributed by atoms with Crippen LogP contribution in [0.2, 0.25) is 0 Å². The van der Waals surface area contributed by atoms with Crippen LogP contribution in [0.3, 0.4) is 0 Å². The maximum Gasteiger partial charge on any atom is 0.344 e. The van der Waals surface area contributed by atoms with E-state index in [1.165, 1.54) is 11.3 Å². The minimum atomic E-state index is -0.684. The molecule has 0 aliphatic heterocycles. The molecule has 0 aliphatic carbocycles. The minimum absolute atomic E-state index is 0.211. The van der Waals surface area contributed by atoms with Crippen molar-refractivity contribution in [1.29, 1.82) is 0 Å². The molecule has 6 nitrogen and oxygen atoms in total. The first-order chi connectivity index (χ1) is 13.3. The Bertz CT molecular complexity index is 1070. The fraction of sp³-hybridized carbons (Fsp3) is 0.381. The maximum atomic E-state index is 12.4. The molecule has 0 saturated heterocycles. The highest BCUT2D eigenvalue weighted by Crippen LogP contribution is 2.27. The molecule has 1 N–H and O–H groups in total. The largest absolute Gasteiger partial charge is 0.482 e. The third-order valence-corrected chi connectivity index (χ3v) is 5.74. The molecule has 1 atom stereocenters. The first kappa shape index (κ1) is 20.1. The van der Waals surface area contributed by atoms with Crippen LogP contribution in [0.15, 0.2) is 29.1 Å². The van der Waals surface area contributed by atoms with Crippen molar-refractivity contribution in [2.75, 3.05) is 6.61 Å². The fourth-order valence-electron chi connectivity index (χ4n) is 2.98. The number of hydrogen-bond acceptors (Lipinski definition) is 6. The molecular formula is C21H24N2O4S. The third kappa shape index (κ3) is 4.09. The van der Waals surface area contributed by atoms with Crippen molar-refractivity contribution < 1.29 is 14.3 Å². The van der Waals surface area contributed by atoms with Crippen LogP contribution in [-0.2, 0) is 9.53 Å². The van der Waals surface area contributed by atoms with Crippen molar-refractivity contribution in [3.63, 3.8) is 0 Å². The standard InChI is InChI=1S/C21H24N2O4S/c1-11(2)15-8-6-7-9-16(15)26-10-17(24)27-13(4)19-22-20(25)18-12(3)14(5)28-21(18)23-19/h6-9,11,13H,10H2,1-5H3,(H,22,23,25)/t13-/m0/s1. The van der Waals surface area contributed by atoms with E-state index in [4.69, 9.17) is 9.47 Å². The number of para-hydroxylation sites is 1. The van der Waals surface area contributed by atoms with Crippen LogP contribution in [0.25, 0.3) is 10.2 Å². The number of ether oxygens (including phenoxy) is 2. The molecule has 2 heterocycles. The Hall–Kier alpha value is -2.67. The normalized spacial score (nSPS) is 12.4. The number of rotatable bonds is 6. The van der Waals surface area contributed by atoms with Gasteiger partial charge in [0.05, 0.1) is 5.39 Å². The average molecular weight is 401 g/mol. The Balaban J connectivity index is 1.70. The number of aryl methyl sites for hydroxylation is 2. The minimum Gasteiger partial charge on any atom is -0.482 e. The lowest BCUT2D eigenvalue weighted by Gasteiger charge is -2.15.